The summed E-state index contributed by atoms with van der Waals surface area (Å²) in [7, 11) is 0. The van der Waals surface area contributed by atoms with Gasteiger partial charge in [-0.15, -0.1) is 23.5 Å². The zero-order chi connectivity index (χ0) is 19.6. The predicted molar refractivity (Wildman–Crippen MR) is 113 cm³/mol. The van der Waals surface area contributed by atoms with Crippen LogP contribution in [-0.2, 0) is 9.53 Å². The van der Waals surface area contributed by atoms with Crippen molar-refractivity contribution >= 4 is 41.0 Å². The van der Waals surface area contributed by atoms with Crippen LogP contribution in [0.4, 0.5) is 0 Å². The molecule has 1 aromatic heterocycles. The summed E-state index contributed by atoms with van der Waals surface area (Å²) in [5.74, 6) is 0.702. The van der Waals surface area contributed by atoms with Crippen LogP contribution in [0.2, 0.25) is 0 Å². The lowest BCUT2D eigenvalue weighted by molar-refractivity contribution is -0.578. The van der Waals surface area contributed by atoms with Crippen molar-refractivity contribution < 1.29 is 18.9 Å². The minimum atomic E-state index is -0.387. The summed E-state index contributed by atoms with van der Waals surface area (Å²) in [4.78, 5) is 25.1. The van der Waals surface area contributed by atoms with Crippen molar-refractivity contribution in [1.82, 2.24) is 0 Å². The van der Waals surface area contributed by atoms with Crippen LogP contribution in [0, 0.1) is 6.92 Å². The van der Waals surface area contributed by atoms with Gasteiger partial charge in [0.2, 0.25) is 0 Å². The number of aromatic nitrogens is 1. The van der Waals surface area contributed by atoms with Gasteiger partial charge in [0.15, 0.2) is 18.2 Å². The summed E-state index contributed by atoms with van der Waals surface area (Å²) in [6.45, 7) is 6.10. The molecule has 4 nitrogen and oxygen atoms in total. The maximum Gasteiger partial charge on any atom is 0.405 e. The summed E-state index contributed by atoms with van der Waals surface area (Å²) < 4.78 is 7.83. The minimum Gasteiger partial charge on any atom is -0.458 e. The number of carbonyl (C=O) groups excluding carboxylic acids is 2. The number of aryl methyl sites for hydroxylation is 1. The number of thioether (sulfide) groups is 2. The Labute approximate surface area is 169 Å². The SMILES string of the molecule is CCOC(=O)/C(=C(\SCC)SCC(=O)c1ccccc1)[n+]1ccc(C)cc1. The van der Waals surface area contributed by atoms with Crippen molar-refractivity contribution in [3.8, 4) is 0 Å². The third kappa shape index (κ3) is 6.26. The van der Waals surface area contributed by atoms with E-state index in [0.29, 0.717) is 17.9 Å². The van der Waals surface area contributed by atoms with Gasteiger partial charge >= 0.3 is 11.7 Å². The number of rotatable bonds is 9. The second-order valence-electron chi connectivity index (χ2n) is 5.65. The van der Waals surface area contributed by atoms with E-state index in [1.807, 2.05) is 56.6 Å². The number of Topliss-reactive ketones (excluding diaryl/α,β-unsaturated/α-hetero) is 1. The summed E-state index contributed by atoms with van der Waals surface area (Å²) in [6.07, 6.45) is 3.69. The first-order valence-corrected chi connectivity index (χ1v) is 10.8. The fourth-order valence-corrected chi connectivity index (χ4v) is 4.50. The van der Waals surface area contributed by atoms with Crippen molar-refractivity contribution in [3.05, 3.63) is 70.2 Å². The smallest absolute Gasteiger partial charge is 0.405 e. The van der Waals surface area contributed by atoms with Gasteiger partial charge in [-0.3, -0.25) is 4.79 Å². The summed E-state index contributed by atoms with van der Waals surface area (Å²) in [5.41, 5.74) is 2.23. The molecule has 2 aromatic rings. The van der Waals surface area contributed by atoms with Crippen molar-refractivity contribution in [3.63, 3.8) is 0 Å². The molecule has 0 saturated heterocycles. The number of pyridine rings is 1. The molecule has 1 heterocycles. The number of ketones is 1. The van der Waals surface area contributed by atoms with Crippen LogP contribution in [0.3, 0.4) is 0 Å². The second-order valence-corrected chi connectivity index (χ2v) is 8.17. The molecule has 6 heteroatoms. The van der Waals surface area contributed by atoms with Crippen molar-refractivity contribution in [2.45, 2.75) is 20.8 Å². The maximum atomic E-state index is 12.6. The highest BCUT2D eigenvalue weighted by molar-refractivity contribution is 8.22. The molecule has 0 radical (unpaired) electrons. The van der Waals surface area contributed by atoms with E-state index in [-0.39, 0.29) is 17.5 Å². The van der Waals surface area contributed by atoms with E-state index in [4.69, 9.17) is 4.74 Å². The maximum absolute atomic E-state index is 12.6. The van der Waals surface area contributed by atoms with Gasteiger partial charge in [0, 0.05) is 17.7 Å². The first kappa shape index (κ1) is 21.3. The van der Waals surface area contributed by atoms with E-state index in [2.05, 4.69) is 0 Å². The first-order valence-electron chi connectivity index (χ1n) is 8.80. The molecule has 0 saturated carbocycles. The lowest BCUT2D eigenvalue weighted by atomic mass is 10.2. The summed E-state index contributed by atoms with van der Waals surface area (Å²) in [5, 5.41) is 0. The topological polar surface area (TPSA) is 47.3 Å². The fraction of sp³-hybridized carbons (Fsp3) is 0.286. The number of hydrogen-bond donors (Lipinski definition) is 0. The highest BCUT2D eigenvalue weighted by Crippen LogP contribution is 2.32. The molecule has 0 aliphatic carbocycles. The predicted octanol–water partition coefficient (Wildman–Crippen LogP) is 4.34. The normalized spacial score (nSPS) is 11.7. The molecule has 0 fully saturated rings. The molecule has 0 amide bonds. The molecule has 142 valence electrons. The largest absolute Gasteiger partial charge is 0.458 e. The number of nitrogens with zero attached hydrogens (tertiary/aromatic N) is 1. The number of esters is 1. The van der Waals surface area contributed by atoms with Crippen LogP contribution in [-0.4, -0.2) is 29.9 Å². The van der Waals surface area contributed by atoms with Crippen LogP contribution < -0.4 is 4.57 Å². The van der Waals surface area contributed by atoms with Crippen LogP contribution in [0.15, 0.2) is 59.1 Å². The molecule has 27 heavy (non-hydrogen) atoms. The quantitative estimate of drug-likeness (QED) is 0.270. The lowest BCUT2D eigenvalue weighted by Gasteiger charge is -2.09. The zero-order valence-corrected chi connectivity index (χ0v) is 17.4. The molecule has 1 aromatic carbocycles. The van der Waals surface area contributed by atoms with Crippen LogP contribution in [0.5, 0.6) is 0 Å². The van der Waals surface area contributed by atoms with Gasteiger partial charge in [0.25, 0.3) is 0 Å². The van der Waals surface area contributed by atoms with Crippen molar-refractivity contribution in [2.75, 3.05) is 18.1 Å². The molecule has 0 aliphatic heterocycles. The molecule has 0 aliphatic rings. The molecular weight excluding hydrogens is 378 g/mol. The van der Waals surface area contributed by atoms with Gasteiger partial charge in [0.1, 0.15) is 4.24 Å². The molecule has 0 N–H and O–H groups in total. The third-order valence-electron chi connectivity index (χ3n) is 3.62. The Kier molecular flexibility index (Phi) is 8.61. The molecule has 0 spiro atoms. The third-order valence-corrected chi connectivity index (χ3v) is 5.94. The molecule has 2 rings (SSSR count). The summed E-state index contributed by atoms with van der Waals surface area (Å²) >= 11 is 2.93. The van der Waals surface area contributed by atoms with Gasteiger partial charge < -0.3 is 4.74 Å². The Hall–Kier alpha value is -2.05. The molecular formula is C21H24NO3S2+. The fourth-order valence-electron chi connectivity index (χ4n) is 2.29. The molecule has 0 unspecified atom stereocenters. The Morgan fingerprint density at radius 3 is 2.26 bits per heavy atom. The zero-order valence-electron chi connectivity index (χ0n) is 15.8. The van der Waals surface area contributed by atoms with E-state index in [9.17, 15) is 9.59 Å². The molecule has 0 atom stereocenters. The van der Waals surface area contributed by atoms with Gasteiger partial charge in [-0.1, -0.05) is 37.3 Å². The summed E-state index contributed by atoms with van der Waals surface area (Å²) in [6, 6.07) is 13.1. The van der Waals surface area contributed by atoms with E-state index in [1.165, 1.54) is 11.8 Å². The second kappa shape index (κ2) is 10.9. The highest BCUT2D eigenvalue weighted by atomic mass is 32.2. The number of carbonyl (C=O) groups is 2. The van der Waals surface area contributed by atoms with Crippen molar-refractivity contribution in [1.29, 1.82) is 0 Å². The van der Waals surface area contributed by atoms with Crippen LogP contribution in [0.1, 0.15) is 29.8 Å². The highest BCUT2D eigenvalue weighted by Gasteiger charge is 2.28. The number of ether oxygens (including phenoxy) is 1. The monoisotopic (exact) mass is 402 g/mol. The number of hydrogen-bond acceptors (Lipinski definition) is 5. The lowest BCUT2D eigenvalue weighted by Crippen LogP contribution is -2.37. The van der Waals surface area contributed by atoms with E-state index in [0.717, 1.165) is 15.6 Å². The molecule has 0 bridgehead atoms. The van der Waals surface area contributed by atoms with E-state index in [1.54, 1.807) is 35.4 Å². The average Bonchev–Trinajstić information content (AvgIpc) is 2.68. The minimum absolute atomic E-state index is 0.0342. The van der Waals surface area contributed by atoms with Gasteiger partial charge in [-0.25, -0.2) is 4.79 Å². The Morgan fingerprint density at radius 1 is 1.00 bits per heavy atom. The standard InChI is InChI=1S/C21H24NO3S2/c1-4-25-20(24)19(22-13-11-16(3)12-14-22)21(26-5-2)27-15-18(23)17-9-7-6-8-10-17/h6-14H,4-5,15H2,1-3H3/q+1/b21-19-. The van der Waals surface area contributed by atoms with Crippen LogP contribution >= 0.6 is 23.5 Å². The van der Waals surface area contributed by atoms with E-state index >= 15 is 0 Å². The Morgan fingerprint density at radius 2 is 1.67 bits per heavy atom. The van der Waals surface area contributed by atoms with Gasteiger partial charge in [0.05, 0.1) is 12.4 Å². The Bertz CT molecular complexity index is 802. The van der Waals surface area contributed by atoms with E-state index < -0.39 is 0 Å². The van der Waals surface area contributed by atoms with Gasteiger partial charge in [-0.2, -0.15) is 4.57 Å². The Balaban J connectivity index is 2.34. The van der Waals surface area contributed by atoms with Crippen LogP contribution in [0.25, 0.3) is 5.70 Å². The average molecular weight is 403 g/mol. The number of benzene rings is 1. The first-order chi connectivity index (χ1) is 13.1. The van der Waals surface area contributed by atoms with Gasteiger partial charge in [-0.05, 0) is 25.2 Å². The van der Waals surface area contributed by atoms with Crippen molar-refractivity contribution in [2.24, 2.45) is 0 Å².